The highest BCUT2D eigenvalue weighted by molar-refractivity contribution is 5.21. The summed E-state index contributed by atoms with van der Waals surface area (Å²) in [6.45, 7) is 4.98. The van der Waals surface area contributed by atoms with Gasteiger partial charge in [0, 0.05) is 0 Å². The van der Waals surface area contributed by atoms with Crippen LogP contribution in [0.4, 0.5) is 0 Å². The van der Waals surface area contributed by atoms with E-state index in [1.54, 1.807) is 0 Å². The monoisotopic (exact) mass is 259 g/mol. The van der Waals surface area contributed by atoms with Crippen molar-refractivity contribution >= 4 is 0 Å². The van der Waals surface area contributed by atoms with Crippen LogP contribution < -0.4 is 5.73 Å². The predicted octanol–water partition coefficient (Wildman–Crippen LogP) is 5.09. The van der Waals surface area contributed by atoms with Crippen molar-refractivity contribution in [1.82, 2.24) is 0 Å². The Morgan fingerprint density at radius 1 is 0.895 bits per heavy atom. The van der Waals surface area contributed by atoms with Crippen LogP contribution in [0.1, 0.15) is 46.0 Å². The minimum atomic E-state index is 0.734. The lowest BCUT2D eigenvalue weighted by Crippen LogP contribution is -1.94. The van der Waals surface area contributed by atoms with Crippen LogP contribution in [0.5, 0.6) is 0 Å². The molecule has 0 aliphatic rings. The molecule has 19 heavy (non-hydrogen) atoms. The van der Waals surface area contributed by atoms with Gasteiger partial charge in [0.2, 0.25) is 0 Å². The number of rotatable bonds is 10. The summed E-state index contributed by atoms with van der Waals surface area (Å²) < 4.78 is 0. The number of hydrogen-bond acceptors (Lipinski definition) is 1. The molecule has 0 atom stereocenters. The Hall–Kier alpha value is -1.34. The number of nitrogens with two attached hydrogens (primary N) is 1. The third-order valence-electron chi connectivity index (χ3n) is 2.67. The van der Waals surface area contributed by atoms with Crippen molar-refractivity contribution in [2.45, 2.75) is 46.0 Å². The van der Waals surface area contributed by atoms with Crippen molar-refractivity contribution in [2.24, 2.45) is 5.73 Å². The van der Waals surface area contributed by atoms with Crippen molar-refractivity contribution in [3.63, 3.8) is 0 Å². The van der Waals surface area contributed by atoms with Gasteiger partial charge in [-0.1, -0.05) is 61.6 Å². The maximum atomic E-state index is 5.42. The fourth-order valence-corrected chi connectivity index (χ4v) is 1.55. The molecule has 0 bridgehead atoms. The second-order valence-corrected chi connectivity index (χ2v) is 4.34. The Kier molecular flexibility index (Phi) is 13.7. The smallest absolute Gasteiger partial charge is 0.00426 e. The van der Waals surface area contributed by atoms with Crippen LogP contribution in [-0.4, -0.2) is 6.54 Å². The molecule has 0 fully saturated rings. The zero-order chi connectivity index (χ0) is 14.2. The largest absolute Gasteiger partial charge is 0.330 e. The summed E-state index contributed by atoms with van der Waals surface area (Å²) >= 11 is 0. The van der Waals surface area contributed by atoms with E-state index in [-0.39, 0.29) is 0 Å². The summed E-state index contributed by atoms with van der Waals surface area (Å²) in [6, 6.07) is 0. The molecule has 0 aromatic carbocycles. The molecule has 0 aromatic rings. The summed E-state index contributed by atoms with van der Waals surface area (Å²) in [5.74, 6) is 0. The molecule has 1 nitrogen and oxygen atoms in total. The van der Waals surface area contributed by atoms with Gasteiger partial charge in [0.1, 0.15) is 0 Å². The van der Waals surface area contributed by atoms with Crippen LogP contribution >= 0.6 is 0 Å². The molecule has 0 radical (unpaired) electrons. The molecule has 0 heterocycles. The van der Waals surface area contributed by atoms with Crippen molar-refractivity contribution in [2.75, 3.05) is 6.54 Å². The normalized spacial score (nSPS) is 13.7. The van der Waals surface area contributed by atoms with Crippen LogP contribution in [0.3, 0.4) is 0 Å². The zero-order valence-corrected chi connectivity index (χ0v) is 12.5. The molecular formula is C18H29N. The van der Waals surface area contributed by atoms with Crippen molar-refractivity contribution in [1.29, 1.82) is 0 Å². The van der Waals surface area contributed by atoms with Gasteiger partial charge in [0.25, 0.3) is 0 Å². The van der Waals surface area contributed by atoms with E-state index >= 15 is 0 Å². The fraction of sp³-hybridized carbons (Fsp3) is 0.444. The van der Waals surface area contributed by atoms with Gasteiger partial charge >= 0.3 is 0 Å². The van der Waals surface area contributed by atoms with Gasteiger partial charge in [0.15, 0.2) is 0 Å². The molecule has 2 N–H and O–H groups in total. The topological polar surface area (TPSA) is 26.0 Å². The van der Waals surface area contributed by atoms with E-state index in [2.05, 4.69) is 68.5 Å². The SMILES string of the molecule is C/C=C(\C=C/C/C=C\CCN)C/C=C\C/C=C\CC. The van der Waals surface area contributed by atoms with Crippen molar-refractivity contribution in [3.05, 3.63) is 60.3 Å². The van der Waals surface area contributed by atoms with Crippen molar-refractivity contribution < 1.29 is 0 Å². The van der Waals surface area contributed by atoms with Gasteiger partial charge in [0.05, 0.1) is 0 Å². The molecular weight excluding hydrogens is 230 g/mol. The summed E-state index contributed by atoms with van der Waals surface area (Å²) in [5.41, 5.74) is 6.78. The zero-order valence-electron chi connectivity index (χ0n) is 12.5. The molecule has 0 aliphatic heterocycles. The Bertz CT molecular complexity index is 330. The molecule has 0 saturated carbocycles. The summed E-state index contributed by atoms with van der Waals surface area (Å²) in [6.07, 6.45) is 24.9. The van der Waals surface area contributed by atoms with Crippen LogP contribution in [0.25, 0.3) is 0 Å². The van der Waals surface area contributed by atoms with Crippen molar-refractivity contribution in [3.8, 4) is 0 Å². The molecule has 0 aromatic heterocycles. The highest BCUT2D eigenvalue weighted by atomic mass is 14.5. The Morgan fingerprint density at radius 2 is 1.58 bits per heavy atom. The van der Waals surface area contributed by atoms with Gasteiger partial charge in [-0.05, 0) is 51.1 Å². The number of hydrogen-bond donors (Lipinski definition) is 1. The molecule has 106 valence electrons. The molecule has 0 amide bonds. The maximum Gasteiger partial charge on any atom is -0.00426 e. The van der Waals surface area contributed by atoms with E-state index < -0.39 is 0 Å². The van der Waals surface area contributed by atoms with E-state index in [1.807, 2.05) is 0 Å². The second-order valence-electron chi connectivity index (χ2n) is 4.34. The van der Waals surface area contributed by atoms with E-state index in [0.29, 0.717) is 0 Å². The van der Waals surface area contributed by atoms with Gasteiger partial charge in [-0.25, -0.2) is 0 Å². The van der Waals surface area contributed by atoms with Crippen LogP contribution in [-0.2, 0) is 0 Å². The maximum absolute atomic E-state index is 5.42. The Labute approximate surface area is 119 Å². The average molecular weight is 259 g/mol. The molecule has 0 rings (SSSR count). The van der Waals surface area contributed by atoms with Crippen LogP contribution in [0, 0.1) is 0 Å². The predicted molar refractivity (Wildman–Crippen MR) is 88.1 cm³/mol. The third-order valence-corrected chi connectivity index (χ3v) is 2.67. The highest BCUT2D eigenvalue weighted by Gasteiger charge is 1.86. The minimum Gasteiger partial charge on any atom is -0.330 e. The van der Waals surface area contributed by atoms with E-state index in [4.69, 9.17) is 5.73 Å². The first-order valence-electron chi connectivity index (χ1n) is 7.31. The van der Waals surface area contributed by atoms with Gasteiger partial charge < -0.3 is 5.73 Å². The first kappa shape index (κ1) is 17.7. The molecule has 1 heteroatoms. The van der Waals surface area contributed by atoms with Gasteiger partial charge in [-0.15, -0.1) is 0 Å². The summed E-state index contributed by atoms with van der Waals surface area (Å²) in [7, 11) is 0. The quantitative estimate of drug-likeness (QED) is 0.429. The summed E-state index contributed by atoms with van der Waals surface area (Å²) in [5, 5.41) is 0. The highest BCUT2D eigenvalue weighted by Crippen LogP contribution is 2.06. The first-order chi connectivity index (χ1) is 9.35. The van der Waals surface area contributed by atoms with E-state index in [0.717, 1.165) is 38.6 Å². The number of allylic oxidation sites excluding steroid dienone is 9. The molecule has 0 spiro atoms. The lowest BCUT2D eigenvalue weighted by Gasteiger charge is -1.95. The van der Waals surface area contributed by atoms with E-state index in [1.165, 1.54) is 5.57 Å². The van der Waals surface area contributed by atoms with E-state index in [9.17, 15) is 0 Å². The third kappa shape index (κ3) is 12.9. The lowest BCUT2D eigenvalue weighted by atomic mass is 10.1. The van der Waals surface area contributed by atoms with Crippen LogP contribution in [0.15, 0.2) is 60.3 Å². The Balaban J connectivity index is 3.89. The minimum absolute atomic E-state index is 0.734. The average Bonchev–Trinajstić information content (AvgIpc) is 2.44. The summed E-state index contributed by atoms with van der Waals surface area (Å²) in [4.78, 5) is 0. The standard InChI is InChI=1S/C18H29N/c1-3-5-6-7-9-12-15-18(4-2)16-13-10-8-11-14-17-19/h4-6,8-9,11-13,16H,3,7,10,14-15,17,19H2,1-2H3/b6-5-,11-8-,12-9-,16-13-,18-4-. The second kappa shape index (κ2) is 14.7. The molecule has 0 saturated heterocycles. The van der Waals surface area contributed by atoms with Gasteiger partial charge in [-0.3, -0.25) is 0 Å². The molecule has 0 aliphatic carbocycles. The van der Waals surface area contributed by atoms with Gasteiger partial charge in [-0.2, -0.15) is 0 Å². The first-order valence-corrected chi connectivity index (χ1v) is 7.31. The molecule has 0 unspecified atom stereocenters. The lowest BCUT2D eigenvalue weighted by molar-refractivity contribution is 1.00. The fourth-order valence-electron chi connectivity index (χ4n) is 1.55. The Morgan fingerprint density at radius 3 is 2.26 bits per heavy atom. The van der Waals surface area contributed by atoms with Crippen LogP contribution in [0.2, 0.25) is 0 Å².